The lowest BCUT2D eigenvalue weighted by molar-refractivity contribution is -0.144. The van der Waals surface area contributed by atoms with Crippen molar-refractivity contribution in [3.05, 3.63) is 59.7 Å². The van der Waals surface area contributed by atoms with Crippen molar-refractivity contribution < 1.29 is 33.7 Å². The molecule has 1 aliphatic heterocycles. The molecule has 1 fully saturated rings. The highest BCUT2D eigenvalue weighted by atomic mass is 16.6. The molecule has 2 aromatic carbocycles. The quantitative estimate of drug-likeness (QED) is 0.611. The zero-order valence-corrected chi connectivity index (χ0v) is 18.9. The maximum atomic E-state index is 12.9. The van der Waals surface area contributed by atoms with Crippen LogP contribution >= 0.6 is 0 Å². The lowest BCUT2D eigenvalue weighted by Gasteiger charge is -2.29. The minimum atomic E-state index is -1.26. The Bertz CT molecular complexity index is 1010. The van der Waals surface area contributed by atoms with Crippen LogP contribution in [0.25, 0.3) is 11.1 Å². The van der Waals surface area contributed by atoms with Gasteiger partial charge in [0, 0.05) is 19.5 Å². The van der Waals surface area contributed by atoms with Crippen LogP contribution in [0, 0.1) is 0 Å². The standard InChI is InChI=1S/C25H28N2O7/c1-27(13-16-14-32-10-11-33-16)24(30)22(12-23(28)29)26-25(31)34-15-21-19-8-4-2-6-17(19)18-7-3-5-9-20(18)21/h2-9,16,21-22H,10-15H2,1H3,(H,26,31)(H,28,29). The molecular weight excluding hydrogens is 440 g/mol. The molecule has 180 valence electrons. The number of rotatable bonds is 8. The number of amides is 2. The summed E-state index contributed by atoms with van der Waals surface area (Å²) in [5.41, 5.74) is 4.32. The first-order valence-corrected chi connectivity index (χ1v) is 11.2. The Kier molecular flexibility index (Phi) is 7.44. The number of carbonyl (C=O) groups excluding carboxylic acids is 2. The molecule has 2 aliphatic rings. The van der Waals surface area contributed by atoms with E-state index < -0.39 is 30.4 Å². The van der Waals surface area contributed by atoms with Crippen molar-refractivity contribution in [2.75, 3.05) is 40.0 Å². The SMILES string of the molecule is CN(CC1COCCO1)C(=O)C(CC(=O)O)NC(=O)OCC1c2ccccc2-c2ccccc21. The van der Waals surface area contributed by atoms with Crippen molar-refractivity contribution in [1.82, 2.24) is 10.2 Å². The van der Waals surface area contributed by atoms with Gasteiger partial charge in [0.2, 0.25) is 5.91 Å². The van der Waals surface area contributed by atoms with Gasteiger partial charge in [0.05, 0.1) is 32.3 Å². The molecule has 34 heavy (non-hydrogen) atoms. The van der Waals surface area contributed by atoms with Gasteiger partial charge in [-0.1, -0.05) is 48.5 Å². The first kappa shape index (κ1) is 23.7. The molecule has 1 aliphatic carbocycles. The Morgan fingerprint density at radius 3 is 2.32 bits per heavy atom. The highest BCUT2D eigenvalue weighted by molar-refractivity contribution is 5.89. The van der Waals surface area contributed by atoms with E-state index in [9.17, 15) is 19.5 Å². The summed E-state index contributed by atoms with van der Waals surface area (Å²) < 4.78 is 16.4. The number of aliphatic carboxylic acids is 1. The van der Waals surface area contributed by atoms with E-state index in [-0.39, 0.29) is 25.2 Å². The molecule has 1 saturated heterocycles. The number of alkyl carbamates (subject to hydrolysis) is 1. The molecule has 1 heterocycles. The summed E-state index contributed by atoms with van der Waals surface area (Å²) in [4.78, 5) is 38.1. The van der Waals surface area contributed by atoms with Gasteiger partial charge in [-0.3, -0.25) is 9.59 Å². The number of carbonyl (C=O) groups is 3. The van der Waals surface area contributed by atoms with Crippen molar-refractivity contribution in [1.29, 1.82) is 0 Å². The van der Waals surface area contributed by atoms with Gasteiger partial charge in [0.15, 0.2) is 0 Å². The number of fused-ring (bicyclic) bond motifs is 3. The number of carboxylic acid groups (broad SMARTS) is 1. The number of hydrogen-bond acceptors (Lipinski definition) is 6. The van der Waals surface area contributed by atoms with Crippen LogP contribution in [-0.4, -0.2) is 80.1 Å². The minimum absolute atomic E-state index is 0.0664. The Morgan fingerprint density at radius 1 is 1.09 bits per heavy atom. The lowest BCUT2D eigenvalue weighted by atomic mass is 9.98. The van der Waals surface area contributed by atoms with Crippen LogP contribution in [0.5, 0.6) is 0 Å². The average Bonchev–Trinajstić information content (AvgIpc) is 3.16. The highest BCUT2D eigenvalue weighted by Gasteiger charge is 2.31. The van der Waals surface area contributed by atoms with E-state index in [1.165, 1.54) is 11.9 Å². The molecule has 0 bridgehead atoms. The summed E-state index contributed by atoms with van der Waals surface area (Å²) in [5, 5.41) is 11.7. The highest BCUT2D eigenvalue weighted by Crippen LogP contribution is 2.44. The van der Waals surface area contributed by atoms with E-state index in [1.807, 2.05) is 48.5 Å². The van der Waals surface area contributed by atoms with Crippen LogP contribution in [-0.2, 0) is 23.8 Å². The molecule has 9 nitrogen and oxygen atoms in total. The first-order chi connectivity index (χ1) is 16.4. The normalized spacial score (nSPS) is 17.9. The predicted octanol–water partition coefficient (Wildman–Crippen LogP) is 2.24. The van der Waals surface area contributed by atoms with Crippen LogP contribution in [0.2, 0.25) is 0 Å². The van der Waals surface area contributed by atoms with Gasteiger partial charge in [-0.25, -0.2) is 4.79 Å². The van der Waals surface area contributed by atoms with Gasteiger partial charge >= 0.3 is 12.1 Å². The Hall–Kier alpha value is -3.43. The van der Waals surface area contributed by atoms with E-state index in [2.05, 4.69) is 5.32 Å². The molecule has 2 atom stereocenters. The fraction of sp³-hybridized carbons (Fsp3) is 0.400. The third-order valence-electron chi connectivity index (χ3n) is 6.05. The Morgan fingerprint density at radius 2 is 1.74 bits per heavy atom. The monoisotopic (exact) mass is 468 g/mol. The summed E-state index contributed by atoms with van der Waals surface area (Å²) in [5.74, 6) is -1.88. The topological polar surface area (TPSA) is 114 Å². The second kappa shape index (κ2) is 10.7. The van der Waals surface area contributed by atoms with E-state index >= 15 is 0 Å². The molecule has 0 aromatic heterocycles. The number of likely N-dealkylation sites (N-methyl/N-ethyl adjacent to an activating group) is 1. The maximum absolute atomic E-state index is 12.9. The summed E-state index contributed by atoms with van der Waals surface area (Å²) >= 11 is 0. The minimum Gasteiger partial charge on any atom is -0.481 e. The molecule has 2 N–H and O–H groups in total. The lowest BCUT2D eigenvalue weighted by Crippen LogP contribution is -2.51. The van der Waals surface area contributed by atoms with Gasteiger partial charge < -0.3 is 29.5 Å². The Balaban J connectivity index is 1.38. The largest absolute Gasteiger partial charge is 0.481 e. The average molecular weight is 469 g/mol. The molecule has 9 heteroatoms. The van der Waals surface area contributed by atoms with Crippen LogP contribution in [0.1, 0.15) is 23.5 Å². The summed E-state index contributed by atoms with van der Waals surface area (Å²) in [6.45, 7) is 1.57. The van der Waals surface area contributed by atoms with E-state index in [1.54, 1.807) is 0 Å². The summed E-state index contributed by atoms with van der Waals surface area (Å²) in [7, 11) is 1.54. The number of carboxylic acids is 1. The predicted molar refractivity (Wildman–Crippen MR) is 122 cm³/mol. The van der Waals surface area contributed by atoms with Gasteiger partial charge in [-0.05, 0) is 22.3 Å². The number of hydrogen-bond donors (Lipinski definition) is 2. The van der Waals surface area contributed by atoms with Gasteiger partial charge in [-0.2, -0.15) is 0 Å². The van der Waals surface area contributed by atoms with Crippen molar-refractivity contribution >= 4 is 18.0 Å². The smallest absolute Gasteiger partial charge is 0.407 e. The van der Waals surface area contributed by atoms with Crippen LogP contribution in [0.15, 0.2) is 48.5 Å². The van der Waals surface area contributed by atoms with Crippen molar-refractivity contribution in [2.24, 2.45) is 0 Å². The van der Waals surface area contributed by atoms with E-state index in [0.717, 1.165) is 22.3 Å². The third-order valence-corrected chi connectivity index (χ3v) is 6.05. The summed E-state index contributed by atoms with van der Waals surface area (Å²) in [6.07, 6.45) is -1.70. The molecule has 4 rings (SSSR count). The fourth-order valence-corrected chi connectivity index (χ4v) is 4.46. The zero-order valence-electron chi connectivity index (χ0n) is 18.9. The van der Waals surface area contributed by atoms with Gasteiger partial charge in [0.1, 0.15) is 12.6 Å². The van der Waals surface area contributed by atoms with Crippen LogP contribution in [0.3, 0.4) is 0 Å². The molecular formula is C25H28N2O7. The fourth-order valence-electron chi connectivity index (χ4n) is 4.46. The molecule has 0 saturated carbocycles. The number of ether oxygens (including phenoxy) is 3. The van der Waals surface area contributed by atoms with Crippen molar-refractivity contribution in [3.8, 4) is 11.1 Å². The second-order valence-electron chi connectivity index (χ2n) is 8.41. The first-order valence-electron chi connectivity index (χ1n) is 11.2. The number of benzene rings is 2. The van der Waals surface area contributed by atoms with Crippen molar-refractivity contribution in [3.63, 3.8) is 0 Å². The molecule has 0 radical (unpaired) electrons. The van der Waals surface area contributed by atoms with Crippen LogP contribution in [0.4, 0.5) is 4.79 Å². The number of nitrogens with one attached hydrogen (secondary N) is 1. The molecule has 2 amide bonds. The maximum Gasteiger partial charge on any atom is 0.407 e. The zero-order chi connectivity index (χ0) is 24.1. The summed E-state index contributed by atoms with van der Waals surface area (Å²) in [6, 6.07) is 14.6. The second-order valence-corrected chi connectivity index (χ2v) is 8.41. The number of nitrogens with zero attached hydrogens (tertiary/aromatic N) is 1. The van der Waals surface area contributed by atoms with Crippen LogP contribution < -0.4 is 5.32 Å². The molecule has 0 spiro atoms. The molecule has 2 aromatic rings. The van der Waals surface area contributed by atoms with E-state index in [4.69, 9.17) is 14.2 Å². The van der Waals surface area contributed by atoms with Crippen molar-refractivity contribution in [2.45, 2.75) is 24.5 Å². The molecule has 2 unspecified atom stereocenters. The third kappa shape index (κ3) is 5.37. The van der Waals surface area contributed by atoms with Gasteiger partial charge in [0.25, 0.3) is 0 Å². The Labute approximate surface area is 197 Å². The van der Waals surface area contributed by atoms with Gasteiger partial charge in [-0.15, -0.1) is 0 Å². The van der Waals surface area contributed by atoms with E-state index in [0.29, 0.717) is 19.8 Å².